The van der Waals surface area contributed by atoms with Gasteiger partial charge in [0.15, 0.2) is 3.95 Å². The van der Waals surface area contributed by atoms with Crippen molar-refractivity contribution >= 4 is 29.5 Å². The Bertz CT molecular complexity index is 867. The van der Waals surface area contributed by atoms with Crippen molar-refractivity contribution in [3.8, 4) is 16.2 Å². The minimum atomic E-state index is -1.02. The molecule has 0 saturated heterocycles. The Balaban J connectivity index is 1.77. The predicted molar refractivity (Wildman–Crippen MR) is 92.7 cm³/mol. The summed E-state index contributed by atoms with van der Waals surface area (Å²) in [5.41, 5.74) is 2.01. The second-order valence-corrected chi connectivity index (χ2v) is 6.51. The van der Waals surface area contributed by atoms with Crippen molar-refractivity contribution in [2.75, 3.05) is 0 Å². The summed E-state index contributed by atoms with van der Waals surface area (Å²) in [6.45, 7) is 0.490. The average Bonchev–Trinajstić information content (AvgIpc) is 2.97. The Hall–Kier alpha value is -2.44. The lowest BCUT2D eigenvalue weighted by atomic mass is 10.1. The number of aromatic nitrogens is 1. The molecule has 0 spiro atoms. The van der Waals surface area contributed by atoms with E-state index in [-0.39, 0.29) is 5.69 Å². The van der Waals surface area contributed by atoms with Gasteiger partial charge in [0.25, 0.3) is 0 Å². The van der Waals surface area contributed by atoms with Crippen LogP contribution >= 0.6 is 23.6 Å². The molecule has 1 heterocycles. The summed E-state index contributed by atoms with van der Waals surface area (Å²) in [4.78, 5) is 14.6. The molecule has 0 unspecified atom stereocenters. The molecule has 6 heteroatoms. The second-order valence-electron chi connectivity index (χ2n) is 4.82. The molecule has 3 rings (SSSR count). The van der Waals surface area contributed by atoms with Crippen molar-refractivity contribution in [3.05, 3.63) is 69.8 Å². The normalized spacial score (nSPS) is 10.4. The van der Waals surface area contributed by atoms with Crippen LogP contribution < -0.4 is 4.74 Å². The largest absolute Gasteiger partial charge is 0.489 e. The number of hydrogen-bond donors (Lipinski definition) is 2. The van der Waals surface area contributed by atoms with Gasteiger partial charge in [0, 0.05) is 0 Å². The molecule has 0 amide bonds. The Labute approximate surface area is 142 Å². The fourth-order valence-electron chi connectivity index (χ4n) is 2.13. The Morgan fingerprint density at radius 1 is 1.13 bits per heavy atom. The van der Waals surface area contributed by atoms with Gasteiger partial charge < -0.3 is 14.8 Å². The molecule has 23 heavy (non-hydrogen) atoms. The molecule has 2 aromatic carbocycles. The molecule has 0 radical (unpaired) electrons. The maximum Gasteiger partial charge on any atom is 0.353 e. The van der Waals surface area contributed by atoms with Gasteiger partial charge in [-0.25, -0.2) is 4.79 Å². The van der Waals surface area contributed by atoms with Gasteiger partial charge in [-0.15, -0.1) is 11.3 Å². The number of carbonyl (C=O) groups is 1. The summed E-state index contributed by atoms with van der Waals surface area (Å²) in [5, 5.41) is 9.21. The molecular weight excluding hydrogens is 330 g/mol. The van der Waals surface area contributed by atoms with Gasteiger partial charge in [0.05, 0.1) is 4.88 Å². The van der Waals surface area contributed by atoms with Gasteiger partial charge in [-0.05, 0) is 47.6 Å². The number of carboxylic acid groups (broad SMARTS) is 1. The molecule has 0 aliphatic heterocycles. The minimum Gasteiger partial charge on any atom is -0.489 e. The Morgan fingerprint density at radius 3 is 2.48 bits per heavy atom. The molecule has 0 aliphatic carbocycles. The van der Waals surface area contributed by atoms with Crippen LogP contribution in [-0.4, -0.2) is 16.1 Å². The summed E-state index contributed by atoms with van der Waals surface area (Å²) in [6, 6.07) is 17.2. The molecule has 116 valence electrons. The lowest BCUT2D eigenvalue weighted by Gasteiger charge is -2.07. The SMILES string of the molecule is O=C(O)c1[nH]c(=S)sc1-c1ccc(OCc2ccccc2)cc1. The summed E-state index contributed by atoms with van der Waals surface area (Å²) >= 11 is 6.29. The van der Waals surface area contributed by atoms with Crippen LogP contribution in [0.2, 0.25) is 0 Å². The summed E-state index contributed by atoms with van der Waals surface area (Å²) in [7, 11) is 0. The standard InChI is InChI=1S/C17H13NO3S2/c19-16(20)14-15(23-17(22)18-14)12-6-8-13(9-7-12)21-10-11-4-2-1-3-5-11/h1-9H,10H2,(H,18,22)(H,19,20). The number of aromatic carboxylic acids is 1. The minimum absolute atomic E-state index is 0.123. The van der Waals surface area contributed by atoms with E-state index in [0.29, 0.717) is 15.4 Å². The maximum atomic E-state index is 11.2. The van der Waals surface area contributed by atoms with Crippen molar-refractivity contribution < 1.29 is 14.6 Å². The fraction of sp³-hybridized carbons (Fsp3) is 0.0588. The van der Waals surface area contributed by atoms with E-state index >= 15 is 0 Å². The van der Waals surface area contributed by atoms with Crippen LogP contribution in [0, 0.1) is 3.95 Å². The summed E-state index contributed by atoms with van der Waals surface area (Å²) in [5.74, 6) is -0.287. The van der Waals surface area contributed by atoms with Crippen molar-refractivity contribution in [1.29, 1.82) is 0 Å². The topological polar surface area (TPSA) is 62.3 Å². The van der Waals surface area contributed by atoms with Crippen LogP contribution in [-0.2, 0) is 6.61 Å². The fourth-order valence-corrected chi connectivity index (χ4v) is 3.31. The molecule has 0 bridgehead atoms. The molecule has 1 aromatic heterocycles. The number of rotatable bonds is 5. The van der Waals surface area contributed by atoms with Crippen LogP contribution in [0.3, 0.4) is 0 Å². The maximum absolute atomic E-state index is 11.2. The zero-order valence-electron chi connectivity index (χ0n) is 12.0. The average molecular weight is 343 g/mol. The van der Waals surface area contributed by atoms with Crippen LogP contribution in [0.25, 0.3) is 10.4 Å². The molecule has 4 nitrogen and oxygen atoms in total. The van der Waals surface area contributed by atoms with Gasteiger partial charge in [-0.3, -0.25) is 0 Å². The molecule has 0 saturated carbocycles. The van der Waals surface area contributed by atoms with E-state index in [0.717, 1.165) is 16.9 Å². The van der Waals surface area contributed by atoms with E-state index in [1.165, 1.54) is 11.3 Å². The van der Waals surface area contributed by atoms with E-state index in [1.807, 2.05) is 54.6 Å². The third kappa shape index (κ3) is 3.67. The quantitative estimate of drug-likeness (QED) is 0.656. The summed E-state index contributed by atoms with van der Waals surface area (Å²) in [6.07, 6.45) is 0. The number of thiazole rings is 1. The van der Waals surface area contributed by atoms with Crippen molar-refractivity contribution in [1.82, 2.24) is 4.98 Å². The molecule has 0 fully saturated rings. The van der Waals surface area contributed by atoms with Crippen LogP contribution in [0.15, 0.2) is 54.6 Å². The molecular formula is C17H13NO3S2. The highest BCUT2D eigenvalue weighted by molar-refractivity contribution is 7.73. The lowest BCUT2D eigenvalue weighted by Crippen LogP contribution is -1.98. The number of carboxylic acids is 1. The number of benzene rings is 2. The van der Waals surface area contributed by atoms with Crippen LogP contribution in [0.1, 0.15) is 16.1 Å². The van der Waals surface area contributed by atoms with Gasteiger partial charge in [-0.1, -0.05) is 30.3 Å². The highest BCUT2D eigenvalue weighted by Gasteiger charge is 2.15. The number of aromatic amines is 1. The Morgan fingerprint density at radius 2 is 1.83 bits per heavy atom. The van der Waals surface area contributed by atoms with E-state index in [1.54, 1.807) is 0 Å². The van der Waals surface area contributed by atoms with Crippen LogP contribution in [0.4, 0.5) is 0 Å². The van der Waals surface area contributed by atoms with Crippen molar-refractivity contribution in [3.63, 3.8) is 0 Å². The number of ether oxygens (including phenoxy) is 1. The number of H-pyrrole nitrogens is 1. The van der Waals surface area contributed by atoms with Gasteiger partial charge in [0.1, 0.15) is 18.1 Å². The van der Waals surface area contributed by atoms with E-state index in [4.69, 9.17) is 17.0 Å². The third-order valence-electron chi connectivity index (χ3n) is 3.23. The number of hydrogen-bond acceptors (Lipinski definition) is 4. The van der Waals surface area contributed by atoms with E-state index < -0.39 is 5.97 Å². The lowest BCUT2D eigenvalue weighted by molar-refractivity contribution is 0.0692. The second kappa shape index (κ2) is 6.76. The first-order valence-corrected chi connectivity index (χ1v) is 8.09. The highest BCUT2D eigenvalue weighted by atomic mass is 32.1. The molecule has 2 N–H and O–H groups in total. The van der Waals surface area contributed by atoms with E-state index in [9.17, 15) is 9.90 Å². The number of nitrogens with one attached hydrogen (secondary N) is 1. The predicted octanol–water partition coefficient (Wildman–Crippen LogP) is 4.75. The van der Waals surface area contributed by atoms with E-state index in [2.05, 4.69) is 4.98 Å². The van der Waals surface area contributed by atoms with Gasteiger partial charge in [-0.2, -0.15) is 0 Å². The van der Waals surface area contributed by atoms with Crippen molar-refractivity contribution in [2.24, 2.45) is 0 Å². The molecule has 3 aromatic rings. The monoisotopic (exact) mass is 343 g/mol. The Kier molecular flexibility index (Phi) is 4.55. The third-order valence-corrected chi connectivity index (χ3v) is 4.51. The van der Waals surface area contributed by atoms with Crippen LogP contribution in [0.5, 0.6) is 5.75 Å². The first-order chi connectivity index (χ1) is 11.1. The summed E-state index contributed by atoms with van der Waals surface area (Å²) < 4.78 is 6.17. The smallest absolute Gasteiger partial charge is 0.353 e. The highest BCUT2D eigenvalue weighted by Crippen LogP contribution is 2.30. The van der Waals surface area contributed by atoms with Crippen molar-refractivity contribution in [2.45, 2.75) is 6.61 Å². The zero-order chi connectivity index (χ0) is 16.2. The van der Waals surface area contributed by atoms with Gasteiger partial charge >= 0.3 is 5.97 Å². The first kappa shape index (κ1) is 15.5. The molecule has 0 aliphatic rings. The molecule has 0 atom stereocenters. The first-order valence-electron chi connectivity index (χ1n) is 6.87. The zero-order valence-corrected chi connectivity index (χ0v) is 13.6. The van der Waals surface area contributed by atoms with Gasteiger partial charge in [0.2, 0.25) is 0 Å².